The van der Waals surface area contributed by atoms with E-state index >= 15 is 0 Å². The van der Waals surface area contributed by atoms with Gasteiger partial charge in [0.25, 0.3) is 5.91 Å². The second-order valence-electron chi connectivity index (χ2n) is 6.21. The Balaban J connectivity index is 1.72. The molecule has 0 bridgehead atoms. The first kappa shape index (κ1) is 19.8. The molecule has 2 aromatic carbocycles. The molecule has 0 aliphatic heterocycles. The van der Waals surface area contributed by atoms with Crippen LogP contribution in [0.2, 0.25) is 0 Å². The summed E-state index contributed by atoms with van der Waals surface area (Å²) >= 11 is 0. The Morgan fingerprint density at radius 2 is 1.62 bits per heavy atom. The molecule has 1 aromatic heterocycles. The van der Waals surface area contributed by atoms with Crippen LogP contribution >= 0.6 is 0 Å². The van der Waals surface area contributed by atoms with Gasteiger partial charge in [-0.15, -0.1) is 0 Å². The number of pyridine rings is 1. The molecule has 0 radical (unpaired) electrons. The van der Waals surface area contributed by atoms with Gasteiger partial charge in [0.1, 0.15) is 5.69 Å². The van der Waals surface area contributed by atoms with Crippen LogP contribution in [0.15, 0.2) is 66.9 Å². The third-order valence-corrected chi connectivity index (χ3v) is 4.11. The van der Waals surface area contributed by atoms with Gasteiger partial charge in [-0.2, -0.15) is 0 Å². The molecule has 0 aliphatic carbocycles. The van der Waals surface area contributed by atoms with Crippen molar-refractivity contribution in [2.75, 3.05) is 17.7 Å². The monoisotopic (exact) mass is 389 g/mol. The Bertz CT molecular complexity index is 1060. The summed E-state index contributed by atoms with van der Waals surface area (Å²) in [7, 11) is 1.33. The number of ketones is 1. The van der Waals surface area contributed by atoms with Crippen molar-refractivity contribution in [1.82, 2.24) is 4.98 Å². The van der Waals surface area contributed by atoms with Crippen LogP contribution in [0.4, 0.5) is 17.1 Å². The number of Topliss-reactive ketones (excluding diaryl/α,β-unsaturated/α-hetero) is 1. The van der Waals surface area contributed by atoms with Gasteiger partial charge in [-0.3, -0.25) is 14.6 Å². The molecular weight excluding hydrogens is 370 g/mol. The first-order valence-electron chi connectivity index (χ1n) is 8.80. The fraction of sp³-hybridized carbons (Fsp3) is 0.0909. The molecule has 1 heterocycles. The fourth-order valence-corrected chi connectivity index (χ4v) is 2.62. The summed E-state index contributed by atoms with van der Waals surface area (Å²) in [5, 5.41) is 5.89. The SMILES string of the molecule is COC(=O)c1ccc(Nc2ccnc(C(=O)Nc3cccc(C(C)=O)c3)c2)cc1. The van der Waals surface area contributed by atoms with Crippen molar-refractivity contribution in [3.63, 3.8) is 0 Å². The maximum atomic E-state index is 12.5. The molecule has 0 saturated carbocycles. The molecule has 1 amide bonds. The number of carbonyl (C=O) groups excluding carboxylic acids is 3. The number of amides is 1. The van der Waals surface area contributed by atoms with Crippen LogP contribution in [-0.2, 0) is 4.74 Å². The number of nitrogens with one attached hydrogen (secondary N) is 2. The first-order chi connectivity index (χ1) is 14.0. The quantitative estimate of drug-likeness (QED) is 0.487. The zero-order valence-corrected chi connectivity index (χ0v) is 15.9. The number of anilines is 3. The van der Waals surface area contributed by atoms with Crippen molar-refractivity contribution in [2.24, 2.45) is 0 Å². The number of hydrogen-bond donors (Lipinski definition) is 2. The fourth-order valence-electron chi connectivity index (χ4n) is 2.62. The lowest BCUT2D eigenvalue weighted by Gasteiger charge is -2.09. The van der Waals surface area contributed by atoms with Gasteiger partial charge in [0.2, 0.25) is 0 Å². The molecule has 0 unspecified atom stereocenters. The maximum absolute atomic E-state index is 12.5. The molecule has 0 atom stereocenters. The summed E-state index contributed by atoms with van der Waals surface area (Å²) in [5.41, 5.74) is 3.09. The van der Waals surface area contributed by atoms with Gasteiger partial charge in [0, 0.05) is 28.8 Å². The van der Waals surface area contributed by atoms with Gasteiger partial charge in [-0.1, -0.05) is 12.1 Å². The number of ether oxygens (including phenoxy) is 1. The minimum Gasteiger partial charge on any atom is -0.465 e. The van der Waals surface area contributed by atoms with Gasteiger partial charge in [0.05, 0.1) is 12.7 Å². The molecule has 29 heavy (non-hydrogen) atoms. The minimum atomic E-state index is -0.409. The van der Waals surface area contributed by atoms with Gasteiger partial charge in [-0.25, -0.2) is 4.79 Å². The van der Waals surface area contributed by atoms with Crippen LogP contribution in [0.25, 0.3) is 0 Å². The Hall–Kier alpha value is -4.00. The van der Waals surface area contributed by atoms with Crippen LogP contribution in [0.3, 0.4) is 0 Å². The normalized spacial score (nSPS) is 10.1. The van der Waals surface area contributed by atoms with Crippen molar-refractivity contribution in [2.45, 2.75) is 6.92 Å². The van der Waals surface area contributed by atoms with Crippen LogP contribution in [0.5, 0.6) is 0 Å². The van der Waals surface area contributed by atoms with E-state index in [-0.39, 0.29) is 11.5 Å². The molecule has 0 aliphatic rings. The van der Waals surface area contributed by atoms with Crippen molar-refractivity contribution in [3.05, 3.63) is 83.7 Å². The van der Waals surface area contributed by atoms with E-state index in [0.29, 0.717) is 22.5 Å². The van der Waals surface area contributed by atoms with E-state index in [4.69, 9.17) is 0 Å². The summed E-state index contributed by atoms with van der Waals surface area (Å²) in [6, 6.07) is 16.8. The third-order valence-electron chi connectivity index (χ3n) is 4.11. The van der Waals surface area contributed by atoms with E-state index in [1.54, 1.807) is 60.7 Å². The molecule has 0 fully saturated rings. The highest BCUT2D eigenvalue weighted by Crippen LogP contribution is 2.19. The summed E-state index contributed by atoms with van der Waals surface area (Å²) in [4.78, 5) is 39.6. The molecular formula is C22H19N3O4. The maximum Gasteiger partial charge on any atom is 0.337 e. The highest BCUT2D eigenvalue weighted by atomic mass is 16.5. The lowest BCUT2D eigenvalue weighted by Crippen LogP contribution is -2.14. The van der Waals surface area contributed by atoms with Gasteiger partial charge >= 0.3 is 5.97 Å². The van der Waals surface area contributed by atoms with Crippen molar-refractivity contribution < 1.29 is 19.1 Å². The van der Waals surface area contributed by atoms with E-state index in [1.165, 1.54) is 20.2 Å². The van der Waals surface area contributed by atoms with Crippen LogP contribution in [0.1, 0.15) is 38.1 Å². The van der Waals surface area contributed by atoms with Crippen LogP contribution in [0, 0.1) is 0 Å². The van der Waals surface area contributed by atoms with Crippen LogP contribution < -0.4 is 10.6 Å². The number of carbonyl (C=O) groups is 3. The molecule has 3 aromatic rings. The topological polar surface area (TPSA) is 97.4 Å². The summed E-state index contributed by atoms with van der Waals surface area (Å²) in [5.74, 6) is -0.882. The number of nitrogens with zero attached hydrogens (tertiary/aromatic N) is 1. The molecule has 0 spiro atoms. The van der Waals surface area contributed by atoms with Gasteiger partial charge < -0.3 is 15.4 Å². The summed E-state index contributed by atoms with van der Waals surface area (Å²) < 4.78 is 4.67. The second-order valence-corrected chi connectivity index (χ2v) is 6.21. The van der Waals surface area contributed by atoms with E-state index in [9.17, 15) is 14.4 Å². The number of hydrogen-bond acceptors (Lipinski definition) is 6. The van der Waals surface area contributed by atoms with Crippen LogP contribution in [-0.4, -0.2) is 29.8 Å². The zero-order chi connectivity index (χ0) is 20.8. The highest BCUT2D eigenvalue weighted by molar-refractivity contribution is 6.04. The molecule has 7 heteroatoms. The van der Waals surface area contributed by atoms with E-state index in [1.807, 2.05) is 0 Å². The Morgan fingerprint density at radius 3 is 2.31 bits per heavy atom. The Labute approximate surface area is 167 Å². The summed E-state index contributed by atoms with van der Waals surface area (Å²) in [6.45, 7) is 1.47. The molecule has 0 saturated heterocycles. The van der Waals surface area contributed by atoms with Crippen molar-refractivity contribution >= 4 is 34.7 Å². The van der Waals surface area contributed by atoms with E-state index in [2.05, 4.69) is 20.4 Å². The number of methoxy groups -OCH3 is 1. The Kier molecular flexibility index (Phi) is 5.99. The second kappa shape index (κ2) is 8.79. The zero-order valence-electron chi connectivity index (χ0n) is 15.9. The smallest absolute Gasteiger partial charge is 0.337 e. The number of aromatic nitrogens is 1. The van der Waals surface area contributed by atoms with Crippen molar-refractivity contribution in [1.29, 1.82) is 0 Å². The number of esters is 1. The summed E-state index contributed by atoms with van der Waals surface area (Å²) in [6.07, 6.45) is 1.52. The average molecular weight is 389 g/mol. The highest BCUT2D eigenvalue weighted by Gasteiger charge is 2.10. The molecule has 2 N–H and O–H groups in total. The van der Waals surface area contributed by atoms with Crippen molar-refractivity contribution in [3.8, 4) is 0 Å². The molecule has 3 rings (SSSR count). The standard InChI is InChI=1S/C22H19N3O4/c1-14(26)16-4-3-5-18(12-16)25-21(27)20-13-19(10-11-23-20)24-17-8-6-15(7-9-17)22(28)29-2/h3-13H,1-2H3,(H,23,24)(H,25,27). The molecule has 7 nitrogen and oxygen atoms in total. The predicted octanol–water partition coefficient (Wildman–Crippen LogP) is 4.07. The van der Waals surface area contributed by atoms with Gasteiger partial charge in [-0.05, 0) is 55.5 Å². The number of rotatable bonds is 6. The largest absolute Gasteiger partial charge is 0.465 e. The van der Waals surface area contributed by atoms with E-state index < -0.39 is 11.9 Å². The lowest BCUT2D eigenvalue weighted by atomic mass is 10.1. The predicted molar refractivity (Wildman–Crippen MR) is 110 cm³/mol. The van der Waals surface area contributed by atoms with E-state index in [0.717, 1.165) is 5.69 Å². The average Bonchev–Trinajstić information content (AvgIpc) is 2.74. The minimum absolute atomic E-state index is 0.0800. The molecule has 146 valence electrons. The Morgan fingerprint density at radius 1 is 0.862 bits per heavy atom. The first-order valence-corrected chi connectivity index (χ1v) is 8.80. The van der Waals surface area contributed by atoms with Gasteiger partial charge in [0.15, 0.2) is 5.78 Å². The third kappa shape index (κ3) is 5.04. The lowest BCUT2D eigenvalue weighted by molar-refractivity contribution is 0.0600. The number of benzene rings is 2.